The smallest absolute Gasteiger partial charge is 0.306 e. The summed E-state index contributed by atoms with van der Waals surface area (Å²) in [6, 6.07) is 0. The molecule has 0 saturated heterocycles. The summed E-state index contributed by atoms with van der Waals surface area (Å²) in [6.45, 7) is 6.47. The molecule has 0 spiro atoms. The van der Waals surface area contributed by atoms with Crippen molar-refractivity contribution in [2.24, 2.45) is 0 Å². The Bertz CT molecular complexity index is 1370. The average molecular weight is 1030 g/mol. The molecule has 0 aromatic heterocycles. The molecule has 6 heteroatoms. The van der Waals surface area contributed by atoms with Crippen LogP contribution in [0.1, 0.15) is 323 Å². The number of rotatable bonds is 58. The van der Waals surface area contributed by atoms with Gasteiger partial charge in [0, 0.05) is 19.3 Å². The summed E-state index contributed by atoms with van der Waals surface area (Å²) in [4.78, 5) is 38.2. The molecule has 0 aliphatic rings. The normalized spacial score (nSPS) is 12.5. The predicted octanol–water partition coefficient (Wildman–Crippen LogP) is 21.7. The van der Waals surface area contributed by atoms with E-state index in [0.717, 1.165) is 89.9 Å². The average Bonchev–Trinajstić information content (AvgIpc) is 3.40. The Hall–Kier alpha value is -3.15. The van der Waals surface area contributed by atoms with Crippen LogP contribution in [-0.4, -0.2) is 37.2 Å². The maximum atomic E-state index is 12.8. The summed E-state index contributed by atoms with van der Waals surface area (Å²) in [6.07, 6.45) is 80.8. The van der Waals surface area contributed by atoms with E-state index in [9.17, 15) is 14.4 Å². The van der Waals surface area contributed by atoms with Crippen molar-refractivity contribution in [1.29, 1.82) is 0 Å². The van der Waals surface area contributed by atoms with Crippen molar-refractivity contribution in [3.63, 3.8) is 0 Å². The monoisotopic (exact) mass is 1030 g/mol. The molecule has 0 saturated carbocycles. The third-order valence-electron chi connectivity index (χ3n) is 13.9. The molecule has 1 unspecified atom stereocenters. The molecule has 0 fully saturated rings. The number of hydrogen-bond acceptors (Lipinski definition) is 6. The number of allylic oxidation sites excluding steroid dienone is 12. The van der Waals surface area contributed by atoms with E-state index in [4.69, 9.17) is 14.2 Å². The number of carbonyl (C=O) groups is 3. The molecular formula is C68H120O6. The Kier molecular flexibility index (Phi) is 59.7. The number of unbranched alkanes of at least 4 members (excludes halogenated alkanes) is 35. The maximum absolute atomic E-state index is 12.8. The highest BCUT2D eigenvalue weighted by Gasteiger charge is 2.19. The fraction of sp³-hybridized carbons (Fsp3) is 0.779. The second kappa shape index (κ2) is 62.4. The first-order chi connectivity index (χ1) is 36.5. The number of esters is 3. The number of hydrogen-bond donors (Lipinski definition) is 0. The largest absolute Gasteiger partial charge is 0.462 e. The Balaban J connectivity index is 4.22. The minimum absolute atomic E-state index is 0.0982. The van der Waals surface area contributed by atoms with Gasteiger partial charge in [0.15, 0.2) is 6.10 Å². The van der Waals surface area contributed by atoms with Gasteiger partial charge in [-0.05, 0) is 77.0 Å². The van der Waals surface area contributed by atoms with Gasteiger partial charge >= 0.3 is 17.9 Å². The lowest BCUT2D eigenvalue weighted by Gasteiger charge is -2.18. The van der Waals surface area contributed by atoms with Gasteiger partial charge in [0.1, 0.15) is 13.2 Å². The number of ether oxygens (including phenoxy) is 3. The van der Waals surface area contributed by atoms with E-state index >= 15 is 0 Å². The van der Waals surface area contributed by atoms with Crippen LogP contribution >= 0.6 is 0 Å². The molecular weight excluding hydrogens is 913 g/mol. The minimum atomic E-state index is -0.807. The van der Waals surface area contributed by atoms with Crippen LogP contribution in [0.4, 0.5) is 0 Å². The Morgan fingerprint density at radius 3 is 0.919 bits per heavy atom. The van der Waals surface area contributed by atoms with E-state index in [0.29, 0.717) is 19.3 Å². The van der Waals surface area contributed by atoms with Crippen LogP contribution < -0.4 is 0 Å². The van der Waals surface area contributed by atoms with E-state index in [2.05, 4.69) is 93.7 Å². The predicted molar refractivity (Wildman–Crippen MR) is 321 cm³/mol. The van der Waals surface area contributed by atoms with Crippen molar-refractivity contribution in [3.05, 3.63) is 72.9 Å². The molecule has 0 bridgehead atoms. The van der Waals surface area contributed by atoms with Crippen LogP contribution in [0, 0.1) is 0 Å². The molecule has 74 heavy (non-hydrogen) atoms. The van der Waals surface area contributed by atoms with E-state index in [-0.39, 0.29) is 37.5 Å². The lowest BCUT2D eigenvalue weighted by Crippen LogP contribution is -2.30. The quantitative estimate of drug-likeness (QED) is 0.0261. The standard InChI is InChI=1S/C68H120O6/c1-4-7-10-13-16-19-22-24-26-28-29-30-31-32-33-34-35-36-37-38-40-41-43-46-49-52-55-58-61-67(70)73-64-65(63-72-66(69)60-57-54-51-48-45-21-18-15-12-9-6-3)74-68(71)62-59-56-53-50-47-44-42-39-27-25-23-20-17-14-11-8-5-2/h8,11,15,17-18,20,25,27,42,44,50,53,65H,4-7,9-10,12-14,16,19,21-24,26,28-41,43,45-49,51-52,54-64H2,1-3H3/b11-8-,18-15-,20-17-,27-25-,44-42-,53-50-. The highest BCUT2D eigenvalue weighted by molar-refractivity contribution is 5.71. The third-order valence-corrected chi connectivity index (χ3v) is 13.9. The SMILES string of the molecule is CC/C=C\C/C=C\C/C=C\C/C=C\C/C=C\CCCC(=O)OC(COC(=O)CCCCCCC/C=C\CCCC)COC(=O)CCCCCCCCCCCCCCCCCCCCCCCCCCCCCC. The van der Waals surface area contributed by atoms with Crippen molar-refractivity contribution < 1.29 is 28.6 Å². The summed E-state index contributed by atoms with van der Waals surface area (Å²) >= 11 is 0. The lowest BCUT2D eigenvalue weighted by atomic mass is 10.0. The molecule has 6 nitrogen and oxygen atoms in total. The molecule has 0 aromatic carbocycles. The molecule has 0 radical (unpaired) electrons. The van der Waals surface area contributed by atoms with Gasteiger partial charge in [-0.3, -0.25) is 14.4 Å². The second-order valence-corrected chi connectivity index (χ2v) is 21.3. The zero-order valence-electron chi connectivity index (χ0n) is 49.1. The minimum Gasteiger partial charge on any atom is -0.462 e. The summed E-state index contributed by atoms with van der Waals surface area (Å²) in [7, 11) is 0. The van der Waals surface area contributed by atoms with Gasteiger partial charge in [-0.2, -0.15) is 0 Å². The first-order valence-electron chi connectivity index (χ1n) is 31.9. The first kappa shape index (κ1) is 70.8. The Labute approximate surface area is 459 Å². The van der Waals surface area contributed by atoms with E-state index < -0.39 is 6.10 Å². The molecule has 428 valence electrons. The summed E-state index contributed by atoms with van der Waals surface area (Å²) in [5.74, 6) is -0.956. The molecule has 0 rings (SSSR count). The third kappa shape index (κ3) is 59.7. The maximum Gasteiger partial charge on any atom is 0.306 e. The van der Waals surface area contributed by atoms with Gasteiger partial charge in [-0.15, -0.1) is 0 Å². The fourth-order valence-corrected chi connectivity index (χ4v) is 9.17. The zero-order chi connectivity index (χ0) is 53.6. The highest BCUT2D eigenvalue weighted by atomic mass is 16.6. The Morgan fingerprint density at radius 1 is 0.284 bits per heavy atom. The van der Waals surface area contributed by atoms with Gasteiger partial charge in [0.2, 0.25) is 0 Å². The summed E-state index contributed by atoms with van der Waals surface area (Å²) < 4.78 is 16.8. The van der Waals surface area contributed by atoms with Crippen LogP contribution in [0.25, 0.3) is 0 Å². The second-order valence-electron chi connectivity index (χ2n) is 21.3. The van der Waals surface area contributed by atoms with Crippen molar-refractivity contribution in [2.45, 2.75) is 329 Å². The highest BCUT2D eigenvalue weighted by Crippen LogP contribution is 2.17. The van der Waals surface area contributed by atoms with Crippen LogP contribution in [0.5, 0.6) is 0 Å². The molecule has 0 aromatic rings. The van der Waals surface area contributed by atoms with Crippen molar-refractivity contribution in [1.82, 2.24) is 0 Å². The van der Waals surface area contributed by atoms with Crippen LogP contribution in [0.3, 0.4) is 0 Å². The van der Waals surface area contributed by atoms with E-state index in [1.165, 1.54) is 186 Å². The molecule has 1 atom stereocenters. The summed E-state index contributed by atoms with van der Waals surface area (Å²) in [5, 5.41) is 0. The van der Waals surface area contributed by atoms with Crippen LogP contribution in [0.2, 0.25) is 0 Å². The fourth-order valence-electron chi connectivity index (χ4n) is 9.17. The van der Waals surface area contributed by atoms with Crippen molar-refractivity contribution >= 4 is 17.9 Å². The topological polar surface area (TPSA) is 78.9 Å². The first-order valence-corrected chi connectivity index (χ1v) is 31.9. The molecule has 0 amide bonds. The molecule has 0 aliphatic heterocycles. The van der Waals surface area contributed by atoms with E-state index in [1.807, 2.05) is 0 Å². The Morgan fingerprint density at radius 2 is 0.554 bits per heavy atom. The van der Waals surface area contributed by atoms with Crippen molar-refractivity contribution in [3.8, 4) is 0 Å². The molecule has 0 aliphatic carbocycles. The molecule has 0 N–H and O–H groups in total. The van der Waals surface area contributed by atoms with Gasteiger partial charge in [-0.1, -0.05) is 299 Å². The summed E-state index contributed by atoms with van der Waals surface area (Å²) in [5.41, 5.74) is 0. The van der Waals surface area contributed by atoms with Gasteiger partial charge in [0.05, 0.1) is 0 Å². The molecule has 0 heterocycles. The van der Waals surface area contributed by atoms with Gasteiger partial charge in [-0.25, -0.2) is 0 Å². The lowest BCUT2D eigenvalue weighted by molar-refractivity contribution is -0.167. The van der Waals surface area contributed by atoms with Gasteiger partial charge < -0.3 is 14.2 Å². The van der Waals surface area contributed by atoms with Crippen LogP contribution in [-0.2, 0) is 28.6 Å². The van der Waals surface area contributed by atoms with E-state index in [1.54, 1.807) is 0 Å². The number of carbonyl (C=O) groups excluding carboxylic acids is 3. The van der Waals surface area contributed by atoms with Crippen molar-refractivity contribution in [2.75, 3.05) is 13.2 Å². The zero-order valence-corrected chi connectivity index (χ0v) is 49.1. The van der Waals surface area contributed by atoms with Crippen LogP contribution in [0.15, 0.2) is 72.9 Å². The van der Waals surface area contributed by atoms with Gasteiger partial charge in [0.25, 0.3) is 0 Å².